The number of hydrogen-bond acceptors (Lipinski definition) is 6. The number of nitrogens with two attached hydrogens (primary N) is 1. The van der Waals surface area contributed by atoms with Crippen LogP contribution in [0.25, 0.3) is 0 Å². The fourth-order valence-corrected chi connectivity index (χ4v) is 5.60. The molecule has 0 spiro atoms. The number of aliphatic hydroxyl groups excluding tert-OH is 1. The van der Waals surface area contributed by atoms with E-state index in [1.807, 2.05) is 13.8 Å². The lowest BCUT2D eigenvalue weighted by Crippen LogP contribution is -2.66. The van der Waals surface area contributed by atoms with Crippen LogP contribution in [0.15, 0.2) is 0 Å². The zero-order valence-corrected chi connectivity index (χ0v) is 14.5. The van der Waals surface area contributed by atoms with Crippen molar-refractivity contribution in [3.8, 4) is 0 Å². The monoisotopic (exact) mass is 360 g/mol. The Hall–Kier alpha value is -1.32. The molecule has 1 saturated heterocycles. The Bertz CT molecular complexity index is 540. The average Bonchev–Trinajstić information content (AvgIpc) is 2.73. The van der Waals surface area contributed by atoms with Crippen molar-refractivity contribution in [3.05, 3.63) is 0 Å². The number of amides is 1. The van der Waals surface area contributed by atoms with E-state index in [1.54, 1.807) is 0 Å². The van der Waals surface area contributed by atoms with Gasteiger partial charge in [-0.05, 0) is 26.7 Å². The molecule has 0 aromatic carbocycles. The van der Waals surface area contributed by atoms with Gasteiger partial charge >= 0.3 is 11.9 Å². The molecule has 24 heavy (non-hydrogen) atoms. The average molecular weight is 360 g/mol. The predicted octanol–water partition coefficient (Wildman–Crippen LogP) is -0.361. The van der Waals surface area contributed by atoms with E-state index >= 15 is 0 Å². The highest BCUT2D eigenvalue weighted by atomic mass is 32.2. The zero-order chi connectivity index (χ0) is 18.2. The molecule has 0 bridgehead atoms. The SMILES string of the molecule is CC1(C)S[C@@H]2[C@H](NC(=O)CCC[C@@H](N)C(=O)O)[C@H](O)[C@@H]2[C@H]1C(=O)O. The maximum atomic E-state index is 12.0. The molecule has 0 aromatic heterocycles. The lowest BCUT2D eigenvalue weighted by Gasteiger charge is -2.46. The van der Waals surface area contributed by atoms with Crippen LogP contribution in [0.4, 0.5) is 0 Å². The molecule has 2 rings (SSSR count). The fourth-order valence-electron chi connectivity index (χ4n) is 3.64. The van der Waals surface area contributed by atoms with E-state index in [9.17, 15) is 24.6 Å². The van der Waals surface area contributed by atoms with Gasteiger partial charge in [-0.1, -0.05) is 0 Å². The van der Waals surface area contributed by atoms with Crippen molar-refractivity contribution in [2.75, 3.05) is 0 Å². The number of nitrogens with one attached hydrogen (secondary N) is 1. The molecule has 8 nitrogen and oxygen atoms in total. The fraction of sp³-hybridized carbons (Fsp3) is 0.800. The number of fused-ring (bicyclic) bond motifs is 1. The Labute approximate surface area is 144 Å². The van der Waals surface area contributed by atoms with Crippen molar-refractivity contribution >= 4 is 29.6 Å². The molecular weight excluding hydrogens is 336 g/mol. The summed E-state index contributed by atoms with van der Waals surface area (Å²) < 4.78 is -0.504. The van der Waals surface area contributed by atoms with Crippen molar-refractivity contribution < 1.29 is 29.7 Å². The summed E-state index contributed by atoms with van der Waals surface area (Å²) in [6, 6.07) is -1.46. The summed E-state index contributed by atoms with van der Waals surface area (Å²) in [5.74, 6) is -3.33. The summed E-state index contributed by atoms with van der Waals surface area (Å²) >= 11 is 1.49. The minimum absolute atomic E-state index is 0.123. The molecular formula is C15H24N2O6S. The second kappa shape index (κ2) is 6.89. The molecule has 1 aliphatic carbocycles. The van der Waals surface area contributed by atoms with Gasteiger partial charge in [0.15, 0.2) is 0 Å². The number of rotatable bonds is 7. The van der Waals surface area contributed by atoms with E-state index < -0.39 is 40.8 Å². The molecule has 1 saturated carbocycles. The quantitative estimate of drug-likeness (QED) is 0.413. The Kier molecular flexibility index (Phi) is 5.46. The molecule has 6 atom stereocenters. The third kappa shape index (κ3) is 3.52. The van der Waals surface area contributed by atoms with Crippen LogP contribution in [0.5, 0.6) is 0 Å². The number of carbonyl (C=O) groups excluding carboxylic acids is 1. The van der Waals surface area contributed by atoms with Gasteiger partial charge in [0.1, 0.15) is 6.04 Å². The highest BCUT2D eigenvalue weighted by Crippen LogP contribution is 2.59. The lowest BCUT2D eigenvalue weighted by atomic mass is 9.66. The van der Waals surface area contributed by atoms with Gasteiger partial charge in [0.05, 0.1) is 18.1 Å². The molecule has 1 aliphatic heterocycles. The number of aliphatic carboxylic acids is 2. The predicted molar refractivity (Wildman–Crippen MR) is 87.5 cm³/mol. The van der Waals surface area contributed by atoms with Crippen LogP contribution >= 0.6 is 11.8 Å². The van der Waals surface area contributed by atoms with Gasteiger partial charge in [0.25, 0.3) is 0 Å². The molecule has 136 valence electrons. The molecule has 2 fully saturated rings. The first-order valence-electron chi connectivity index (χ1n) is 7.92. The van der Waals surface area contributed by atoms with E-state index in [4.69, 9.17) is 10.8 Å². The van der Waals surface area contributed by atoms with Crippen LogP contribution in [0.1, 0.15) is 33.1 Å². The molecule has 6 N–H and O–H groups in total. The van der Waals surface area contributed by atoms with Gasteiger partial charge in [-0.3, -0.25) is 14.4 Å². The molecule has 2 aliphatic rings. The van der Waals surface area contributed by atoms with Crippen LogP contribution < -0.4 is 11.1 Å². The number of aliphatic hydroxyl groups is 1. The van der Waals surface area contributed by atoms with Crippen LogP contribution in [-0.4, -0.2) is 61.3 Å². The Morgan fingerprint density at radius 1 is 1.29 bits per heavy atom. The van der Waals surface area contributed by atoms with Gasteiger partial charge in [-0.2, -0.15) is 0 Å². The summed E-state index contributed by atoms with van der Waals surface area (Å²) in [6.07, 6.45) is -0.217. The number of carbonyl (C=O) groups is 3. The number of thioether (sulfide) groups is 1. The second-order valence-corrected chi connectivity index (χ2v) is 8.83. The molecule has 0 unspecified atom stereocenters. The largest absolute Gasteiger partial charge is 0.481 e. The Morgan fingerprint density at radius 3 is 2.46 bits per heavy atom. The highest BCUT2D eigenvalue weighted by molar-refractivity contribution is 8.01. The number of carboxylic acids is 2. The molecule has 9 heteroatoms. The maximum Gasteiger partial charge on any atom is 0.320 e. The summed E-state index contributed by atoms with van der Waals surface area (Å²) in [5.41, 5.74) is 5.38. The summed E-state index contributed by atoms with van der Waals surface area (Å²) in [5, 5.41) is 31.0. The molecule has 0 radical (unpaired) electrons. The molecule has 0 aromatic rings. The molecule has 1 heterocycles. The summed E-state index contributed by atoms with van der Waals surface area (Å²) in [4.78, 5) is 34.1. The number of hydrogen-bond donors (Lipinski definition) is 5. The van der Waals surface area contributed by atoms with E-state index in [0.29, 0.717) is 6.42 Å². The first kappa shape index (κ1) is 19.0. The van der Waals surface area contributed by atoms with E-state index in [0.717, 1.165) is 0 Å². The topological polar surface area (TPSA) is 150 Å². The van der Waals surface area contributed by atoms with Gasteiger partial charge in [-0.25, -0.2) is 0 Å². The van der Waals surface area contributed by atoms with Crippen LogP contribution in [0.2, 0.25) is 0 Å². The third-order valence-electron chi connectivity index (χ3n) is 4.90. The normalized spacial score (nSPS) is 34.8. The maximum absolute atomic E-state index is 12.0. The zero-order valence-electron chi connectivity index (χ0n) is 13.6. The summed E-state index contributed by atoms with van der Waals surface area (Å²) in [7, 11) is 0. The van der Waals surface area contributed by atoms with E-state index in [-0.39, 0.29) is 29.9 Å². The Balaban J connectivity index is 1.86. The second-order valence-electron chi connectivity index (χ2n) is 7.00. The van der Waals surface area contributed by atoms with Gasteiger partial charge in [-0.15, -0.1) is 11.8 Å². The van der Waals surface area contributed by atoms with E-state index in [2.05, 4.69) is 5.32 Å². The van der Waals surface area contributed by atoms with Crippen molar-refractivity contribution in [2.24, 2.45) is 17.6 Å². The van der Waals surface area contributed by atoms with Crippen molar-refractivity contribution in [1.82, 2.24) is 5.32 Å². The molecule has 1 amide bonds. The third-order valence-corrected chi connectivity index (χ3v) is 6.64. The first-order valence-corrected chi connectivity index (χ1v) is 8.80. The van der Waals surface area contributed by atoms with Gasteiger partial charge < -0.3 is 26.4 Å². The minimum Gasteiger partial charge on any atom is -0.481 e. The van der Waals surface area contributed by atoms with Gasteiger partial charge in [0, 0.05) is 22.3 Å². The van der Waals surface area contributed by atoms with Crippen molar-refractivity contribution in [2.45, 2.75) is 61.3 Å². The van der Waals surface area contributed by atoms with Crippen molar-refractivity contribution in [1.29, 1.82) is 0 Å². The van der Waals surface area contributed by atoms with Crippen molar-refractivity contribution in [3.63, 3.8) is 0 Å². The minimum atomic E-state index is -1.10. The standard InChI is InChI=1S/C15H24N2O6S/c1-15(2)9(14(22)23)8-11(19)10(12(8)24-15)17-7(18)5-3-4-6(16)13(20)21/h6,8-12,19H,3-5,16H2,1-2H3,(H,17,18)(H,20,21)(H,22,23)/t6-,8+,9+,10-,11-,12+/m1/s1. The smallest absolute Gasteiger partial charge is 0.320 e. The lowest BCUT2D eigenvalue weighted by molar-refractivity contribution is -0.150. The summed E-state index contributed by atoms with van der Waals surface area (Å²) in [6.45, 7) is 3.68. The Morgan fingerprint density at radius 2 is 1.92 bits per heavy atom. The highest BCUT2D eigenvalue weighted by Gasteiger charge is 2.65. The van der Waals surface area contributed by atoms with Crippen LogP contribution in [0.3, 0.4) is 0 Å². The van der Waals surface area contributed by atoms with Crippen LogP contribution in [-0.2, 0) is 14.4 Å². The number of carboxylic acid groups (broad SMARTS) is 2. The van der Waals surface area contributed by atoms with Crippen LogP contribution in [0, 0.1) is 11.8 Å². The van der Waals surface area contributed by atoms with Gasteiger partial charge in [0.2, 0.25) is 5.91 Å². The van der Waals surface area contributed by atoms with E-state index in [1.165, 1.54) is 11.8 Å². The first-order chi connectivity index (χ1) is 11.1.